The van der Waals surface area contributed by atoms with E-state index in [1.165, 1.54) is 11.3 Å². The predicted molar refractivity (Wildman–Crippen MR) is 83.2 cm³/mol. The van der Waals surface area contributed by atoms with Gasteiger partial charge in [-0.2, -0.15) is 0 Å². The van der Waals surface area contributed by atoms with Gasteiger partial charge in [-0.15, -0.1) is 0 Å². The first kappa shape index (κ1) is 14.7. The third kappa shape index (κ3) is 3.64. The van der Waals surface area contributed by atoms with E-state index in [2.05, 4.69) is 54.2 Å². The molecule has 1 aromatic carbocycles. The minimum Gasteiger partial charge on any atom is -0.497 e. The highest BCUT2D eigenvalue weighted by molar-refractivity contribution is 5.28. The Hall–Kier alpha value is -1.74. The van der Waals surface area contributed by atoms with Gasteiger partial charge in [-0.05, 0) is 49.7 Å². The number of nitrogens with one attached hydrogen (secondary N) is 1. The van der Waals surface area contributed by atoms with E-state index in [0.717, 1.165) is 25.3 Å². The molecule has 0 aliphatic rings. The van der Waals surface area contributed by atoms with Crippen LogP contribution in [0.2, 0.25) is 0 Å². The Morgan fingerprint density at radius 1 is 1.20 bits per heavy atom. The highest BCUT2D eigenvalue weighted by Crippen LogP contribution is 2.17. The molecule has 0 spiro atoms. The summed E-state index contributed by atoms with van der Waals surface area (Å²) >= 11 is 0. The molecule has 0 aliphatic heterocycles. The quantitative estimate of drug-likeness (QED) is 0.833. The third-order valence-electron chi connectivity index (χ3n) is 3.52. The summed E-state index contributed by atoms with van der Waals surface area (Å²) in [6, 6.07) is 12.9. The number of ether oxygens (including phenoxy) is 1. The SMILES string of the molecule is CCCNC(C)c1cccn1Cc1ccc(OC)cc1. The zero-order valence-electron chi connectivity index (χ0n) is 12.6. The van der Waals surface area contributed by atoms with Gasteiger partial charge in [0.1, 0.15) is 5.75 Å². The van der Waals surface area contributed by atoms with Crippen LogP contribution in [0.5, 0.6) is 5.75 Å². The van der Waals surface area contributed by atoms with Crippen molar-refractivity contribution in [2.75, 3.05) is 13.7 Å². The molecule has 0 saturated heterocycles. The Kier molecular flexibility index (Phi) is 5.24. The average molecular weight is 272 g/mol. The summed E-state index contributed by atoms with van der Waals surface area (Å²) in [4.78, 5) is 0. The van der Waals surface area contributed by atoms with Crippen LogP contribution in [0.25, 0.3) is 0 Å². The molecule has 0 fully saturated rings. The van der Waals surface area contributed by atoms with E-state index in [1.54, 1.807) is 7.11 Å². The second kappa shape index (κ2) is 7.15. The summed E-state index contributed by atoms with van der Waals surface area (Å²) < 4.78 is 7.49. The molecule has 0 bridgehead atoms. The number of methoxy groups -OCH3 is 1. The molecule has 3 nitrogen and oxygen atoms in total. The van der Waals surface area contributed by atoms with Crippen molar-refractivity contribution in [3.8, 4) is 5.75 Å². The molecule has 0 amide bonds. The monoisotopic (exact) mass is 272 g/mol. The van der Waals surface area contributed by atoms with Gasteiger partial charge in [0.05, 0.1) is 7.11 Å². The van der Waals surface area contributed by atoms with Crippen LogP contribution in [0, 0.1) is 0 Å². The number of benzene rings is 1. The molecule has 0 saturated carbocycles. The highest BCUT2D eigenvalue weighted by atomic mass is 16.5. The maximum absolute atomic E-state index is 5.19. The molecule has 1 atom stereocenters. The molecule has 2 rings (SSSR count). The summed E-state index contributed by atoms with van der Waals surface area (Å²) in [7, 11) is 1.69. The Bertz CT molecular complexity index is 516. The van der Waals surface area contributed by atoms with E-state index < -0.39 is 0 Å². The second-order valence-corrected chi connectivity index (χ2v) is 5.08. The van der Waals surface area contributed by atoms with Crippen LogP contribution in [0.15, 0.2) is 42.6 Å². The fourth-order valence-corrected chi connectivity index (χ4v) is 2.36. The van der Waals surface area contributed by atoms with Crippen molar-refractivity contribution in [1.82, 2.24) is 9.88 Å². The topological polar surface area (TPSA) is 26.2 Å². The van der Waals surface area contributed by atoms with Gasteiger partial charge in [0, 0.05) is 24.5 Å². The third-order valence-corrected chi connectivity index (χ3v) is 3.52. The van der Waals surface area contributed by atoms with Crippen molar-refractivity contribution in [2.45, 2.75) is 32.9 Å². The van der Waals surface area contributed by atoms with Crippen molar-refractivity contribution >= 4 is 0 Å². The molecule has 0 aliphatic carbocycles. The minimum absolute atomic E-state index is 0.378. The van der Waals surface area contributed by atoms with E-state index in [4.69, 9.17) is 4.74 Å². The maximum atomic E-state index is 5.19. The first-order valence-corrected chi connectivity index (χ1v) is 7.26. The van der Waals surface area contributed by atoms with Gasteiger partial charge in [-0.3, -0.25) is 0 Å². The van der Waals surface area contributed by atoms with Crippen LogP contribution in [0.1, 0.15) is 37.6 Å². The van der Waals surface area contributed by atoms with Crippen molar-refractivity contribution in [3.05, 3.63) is 53.9 Å². The van der Waals surface area contributed by atoms with Crippen molar-refractivity contribution < 1.29 is 4.74 Å². The highest BCUT2D eigenvalue weighted by Gasteiger charge is 2.09. The Morgan fingerprint density at radius 3 is 2.60 bits per heavy atom. The van der Waals surface area contributed by atoms with Gasteiger partial charge in [-0.25, -0.2) is 0 Å². The number of aromatic nitrogens is 1. The van der Waals surface area contributed by atoms with Crippen LogP contribution in [0.3, 0.4) is 0 Å². The normalized spacial score (nSPS) is 12.3. The first-order valence-electron chi connectivity index (χ1n) is 7.26. The number of rotatable bonds is 7. The molecule has 108 valence electrons. The van der Waals surface area contributed by atoms with Crippen molar-refractivity contribution in [1.29, 1.82) is 0 Å². The Balaban J connectivity index is 2.07. The molecule has 0 radical (unpaired) electrons. The standard InChI is InChI=1S/C17H24N2O/c1-4-11-18-14(2)17-6-5-12-19(17)13-15-7-9-16(20-3)10-8-15/h5-10,12,14,18H,4,11,13H2,1-3H3. The van der Waals surface area contributed by atoms with Crippen LogP contribution in [0.4, 0.5) is 0 Å². The lowest BCUT2D eigenvalue weighted by Crippen LogP contribution is -2.22. The molecule has 2 aromatic rings. The number of hydrogen-bond donors (Lipinski definition) is 1. The van der Waals surface area contributed by atoms with Crippen LogP contribution < -0.4 is 10.1 Å². The summed E-state index contributed by atoms with van der Waals surface area (Å²) in [6.45, 7) is 6.35. The largest absolute Gasteiger partial charge is 0.497 e. The summed E-state index contributed by atoms with van der Waals surface area (Å²) in [5, 5.41) is 3.54. The summed E-state index contributed by atoms with van der Waals surface area (Å²) in [5.41, 5.74) is 2.61. The van der Waals surface area contributed by atoms with Gasteiger partial charge < -0.3 is 14.6 Å². The predicted octanol–water partition coefficient (Wildman–Crippen LogP) is 3.61. The molecular weight excluding hydrogens is 248 g/mol. The minimum atomic E-state index is 0.378. The molecule has 1 aromatic heterocycles. The van der Waals surface area contributed by atoms with E-state index in [0.29, 0.717) is 6.04 Å². The maximum Gasteiger partial charge on any atom is 0.118 e. The fourth-order valence-electron chi connectivity index (χ4n) is 2.36. The Labute approximate surface area is 121 Å². The van der Waals surface area contributed by atoms with E-state index in [9.17, 15) is 0 Å². The molecule has 1 heterocycles. The van der Waals surface area contributed by atoms with E-state index in [1.807, 2.05) is 12.1 Å². The van der Waals surface area contributed by atoms with Gasteiger partial charge in [0.25, 0.3) is 0 Å². The average Bonchev–Trinajstić information content (AvgIpc) is 2.94. The molecule has 3 heteroatoms. The number of nitrogens with zero attached hydrogens (tertiary/aromatic N) is 1. The first-order chi connectivity index (χ1) is 9.74. The number of hydrogen-bond acceptors (Lipinski definition) is 2. The lowest BCUT2D eigenvalue weighted by atomic mass is 10.2. The van der Waals surface area contributed by atoms with Gasteiger partial charge in [-0.1, -0.05) is 19.1 Å². The van der Waals surface area contributed by atoms with E-state index in [-0.39, 0.29) is 0 Å². The molecule has 1 N–H and O–H groups in total. The van der Waals surface area contributed by atoms with Crippen molar-refractivity contribution in [2.24, 2.45) is 0 Å². The van der Waals surface area contributed by atoms with Gasteiger partial charge in [0.15, 0.2) is 0 Å². The zero-order valence-corrected chi connectivity index (χ0v) is 12.6. The fraction of sp³-hybridized carbons (Fsp3) is 0.412. The molecule has 1 unspecified atom stereocenters. The molecular formula is C17H24N2O. The summed E-state index contributed by atoms with van der Waals surface area (Å²) in [6.07, 6.45) is 3.30. The zero-order chi connectivity index (χ0) is 14.4. The van der Waals surface area contributed by atoms with Crippen LogP contribution in [-0.4, -0.2) is 18.2 Å². The van der Waals surface area contributed by atoms with E-state index >= 15 is 0 Å². The lowest BCUT2D eigenvalue weighted by molar-refractivity contribution is 0.414. The van der Waals surface area contributed by atoms with Crippen molar-refractivity contribution in [3.63, 3.8) is 0 Å². The second-order valence-electron chi connectivity index (χ2n) is 5.08. The Morgan fingerprint density at radius 2 is 1.95 bits per heavy atom. The molecule has 20 heavy (non-hydrogen) atoms. The van der Waals surface area contributed by atoms with Crippen LogP contribution in [-0.2, 0) is 6.54 Å². The smallest absolute Gasteiger partial charge is 0.118 e. The lowest BCUT2D eigenvalue weighted by Gasteiger charge is -2.17. The summed E-state index contributed by atoms with van der Waals surface area (Å²) in [5.74, 6) is 0.902. The van der Waals surface area contributed by atoms with Gasteiger partial charge in [0.2, 0.25) is 0 Å². The van der Waals surface area contributed by atoms with Gasteiger partial charge >= 0.3 is 0 Å². The van der Waals surface area contributed by atoms with Crippen LogP contribution >= 0.6 is 0 Å².